The minimum atomic E-state index is -0.421. The van der Waals surface area contributed by atoms with E-state index in [0.717, 1.165) is 31.5 Å². The molecule has 1 fully saturated rings. The fourth-order valence-electron chi connectivity index (χ4n) is 3.31. The summed E-state index contributed by atoms with van der Waals surface area (Å²) in [6.45, 7) is 2.83. The molecule has 0 N–H and O–H groups in total. The number of halogens is 1. The third-order valence-electron chi connectivity index (χ3n) is 4.73. The van der Waals surface area contributed by atoms with Gasteiger partial charge in [0.05, 0.1) is 4.92 Å². The van der Waals surface area contributed by atoms with Crippen LogP contribution in [0.25, 0.3) is 0 Å². The second kappa shape index (κ2) is 8.50. The van der Waals surface area contributed by atoms with Crippen LogP contribution in [0.1, 0.15) is 34.3 Å². The van der Waals surface area contributed by atoms with E-state index in [1.165, 1.54) is 12.1 Å². The molecule has 1 amide bonds. The van der Waals surface area contributed by atoms with E-state index < -0.39 is 4.92 Å². The van der Waals surface area contributed by atoms with Gasteiger partial charge in [-0.2, -0.15) is 0 Å². The van der Waals surface area contributed by atoms with Gasteiger partial charge in [-0.05, 0) is 49.2 Å². The second-order valence-corrected chi connectivity index (χ2v) is 7.31. The topological polar surface area (TPSA) is 66.7 Å². The zero-order chi connectivity index (χ0) is 19.4. The van der Waals surface area contributed by atoms with Crippen molar-refractivity contribution in [1.29, 1.82) is 0 Å². The highest BCUT2D eigenvalue weighted by Gasteiger charge is 2.19. The summed E-state index contributed by atoms with van der Waals surface area (Å²) in [6, 6.07) is 12.1. The largest absolute Gasteiger partial charge is 0.339 e. The van der Waals surface area contributed by atoms with Crippen LogP contribution in [0.2, 0.25) is 5.02 Å². The monoisotopic (exact) mass is 387 g/mol. The SMILES string of the molecule is CN(Cc1ccc(C(=O)N2CCCC2)cc1)Cc1cc([N+](=O)[O-])ccc1Cl. The third-order valence-corrected chi connectivity index (χ3v) is 5.10. The van der Waals surface area contributed by atoms with E-state index in [1.807, 2.05) is 41.1 Å². The van der Waals surface area contributed by atoms with Crippen molar-refractivity contribution in [2.75, 3.05) is 20.1 Å². The van der Waals surface area contributed by atoms with Crippen molar-refractivity contribution in [3.63, 3.8) is 0 Å². The Morgan fingerprint density at radius 2 is 1.81 bits per heavy atom. The molecule has 0 saturated carbocycles. The summed E-state index contributed by atoms with van der Waals surface area (Å²) in [7, 11) is 1.93. The first kappa shape index (κ1) is 19.3. The zero-order valence-corrected chi connectivity index (χ0v) is 16.0. The molecule has 2 aromatic carbocycles. The van der Waals surface area contributed by atoms with Crippen molar-refractivity contribution in [2.45, 2.75) is 25.9 Å². The number of carbonyl (C=O) groups is 1. The highest BCUT2D eigenvalue weighted by Crippen LogP contribution is 2.23. The number of nitro groups is 1. The second-order valence-electron chi connectivity index (χ2n) is 6.90. The Morgan fingerprint density at radius 3 is 2.44 bits per heavy atom. The molecular weight excluding hydrogens is 366 g/mol. The number of likely N-dealkylation sites (tertiary alicyclic amines) is 1. The number of non-ortho nitro benzene ring substituents is 1. The Balaban J connectivity index is 1.62. The molecule has 0 spiro atoms. The molecule has 0 aromatic heterocycles. The number of rotatable bonds is 6. The van der Waals surface area contributed by atoms with Gasteiger partial charge in [0.15, 0.2) is 0 Å². The van der Waals surface area contributed by atoms with Gasteiger partial charge in [0.1, 0.15) is 0 Å². The summed E-state index contributed by atoms with van der Waals surface area (Å²) < 4.78 is 0. The summed E-state index contributed by atoms with van der Waals surface area (Å²) >= 11 is 6.17. The van der Waals surface area contributed by atoms with E-state index in [4.69, 9.17) is 11.6 Å². The van der Waals surface area contributed by atoms with Crippen LogP contribution < -0.4 is 0 Å². The predicted molar refractivity (Wildman–Crippen MR) is 105 cm³/mol. The summed E-state index contributed by atoms with van der Waals surface area (Å²) in [6.07, 6.45) is 2.16. The molecule has 2 aromatic rings. The molecule has 0 unspecified atom stereocenters. The van der Waals surface area contributed by atoms with E-state index in [9.17, 15) is 14.9 Å². The molecule has 27 heavy (non-hydrogen) atoms. The van der Waals surface area contributed by atoms with E-state index >= 15 is 0 Å². The molecule has 7 heteroatoms. The first-order valence-electron chi connectivity index (χ1n) is 8.93. The molecule has 1 aliphatic rings. The molecular formula is C20H22ClN3O3. The van der Waals surface area contributed by atoms with Crippen LogP contribution in [0.4, 0.5) is 5.69 Å². The Labute approximate surface area is 163 Å². The van der Waals surface area contributed by atoms with E-state index in [0.29, 0.717) is 29.2 Å². The Bertz CT molecular complexity index is 833. The van der Waals surface area contributed by atoms with Gasteiger partial charge in [0.2, 0.25) is 0 Å². The van der Waals surface area contributed by atoms with Crippen molar-refractivity contribution in [1.82, 2.24) is 9.80 Å². The molecule has 0 radical (unpaired) electrons. The lowest BCUT2D eigenvalue weighted by Crippen LogP contribution is -2.27. The Hall–Kier alpha value is -2.44. The van der Waals surface area contributed by atoms with E-state index in [1.54, 1.807) is 6.07 Å². The maximum Gasteiger partial charge on any atom is 0.269 e. The summed E-state index contributed by atoms with van der Waals surface area (Å²) in [5.41, 5.74) is 2.53. The van der Waals surface area contributed by atoms with Gasteiger partial charge >= 0.3 is 0 Å². The van der Waals surface area contributed by atoms with Gasteiger partial charge in [0, 0.05) is 48.9 Å². The Kier molecular flexibility index (Phi) is 6.08. The average molecular weight is 388 g/mol. The van der Waals surface area contributed by atoms with Gasteiger partial charge in [0.25, 0.3) is 11.6 Å². The third kappa shape index (κ3) is 4.84. The van der Waals surface area contributed by atoms with Crippen LogP contribution >= 0.6 is 11.6 Å². The fourth-order valence-corrected chi connectivity index (χ4v) is 3.49. The number of amides is 1. The molecule has 3 rings (SSSR count). The lowest BCUT2D eigenvalue weighted by Gasteiger charge is -2.18. The van der Waals surface area contributed by atoms with Gasteiger partial charge in [-0.15, -0.1) is 0 Å². The normalized spacial score (nSPS) is 14.0. The number of hydrogen-bond acceptors (Lipinski definition) is 4. The molecule has 0 aliphatic carbocycles. The van der Waals surface area contributed by atoms with Crippen LogP contribution in [0.3, 0.4) is 0 Å². The van der Waals surface area contributed by atoms with Crippen LogP contribution in [0.15, 0.2) is 42.5 Å². The molecule has 1 aliphatic heterocycles. The van der Waals surface area contributed by atoms with Crippen molar-refractivity contribution in [2.24, 2.45) is 0 Å². The van der Waals surface area contributed by atoms with Crippen LogP contribution in [-0.2, 0) is 13.1 Å². The van der Waals surface area contributed by atoms with Crippen LogP contribution in [0, 0.1) is 10.1 Å². The van der Waals surface area contributed by atoms with Gasteiger partial charge < -0.3 is 4.90 Å². The van der Waals surface area contributed by atoms with Crippen LogP contribution in [-0.4, -0.2) is 40.8 Å². The molecule has 0 bridgehead atoms. The van der Waals surface area contributed by atoms with Crippen molar-refractivity contribution >= 4 is 23.2 Å². The van der Waals surface area contributed by atoms with Crippen molar-refractivity contribution < 1.29 is 9.72 Å². The van der Waals surface area contributed by atoms with E-state index in [-0.39, 0.29) is 11.6 Å². The minimum Gasteiger partial charge on any atom is -0.339 e. The fraction of sp³-hybridized carbons (Fsp3) is 0.350. The number of carbonyl (C=O) groups excluding carboxylic acids is 1. The summed E-state index contributed by atoms with van der Waals surface area (Å²) in [5, 5.41) is 11.5. The Morgan fingerprint density at radius 1 is 1.15 bits per heavy atom. The molecule has 6 nitrogen and oxygen atoms in total. The average Bonchev–Trinajstić information content (AvgIpc) is 3.18. The van der Waals surface area contributed by atoms with Gasteiger partial charge in [-0.1, -0.05) is 23.7 Å². The lowest BCUT2D eigenvalue weighted by atomic mass is 10.1. The van der Waals surface area contributed by atoms with Gasteiger partial charge in [-0.3, -0.25) is 19.8 Å². The number of hydrogen-bond donors (Lipinski definition) is 0. The van der Waals surface area contributed by atoms with Gasteiger partial charge in [-0.25, -0.2) is 0 Å². The summed E-state index contributed by atoms with van der Waals surface area (Å²) in [5.74, 6) is 0.0933. The first-order chi connectivity index (χ1) is 12.9. The molecule has 1 heterocycles. The van der Waals surface area contributed by atoms with E-state index in [2.05, 4.69) is 0 Å². The maximum absolute atomic E-state index is 12.4. The quantitative estimate of drug-likeness (QED) is 0.552. The lowest BCUT2D eigenvalue weighted by molar-refractivity contribution is -0.384. The summed E-state index contributed by atoms with van der Waals surface area (Å²) in [4.78, 5) is 26.8. The highest BCUT2D eigenvalue weighted by molar-refractivity contribution is 6.31. The van der Waals surface area contributed by atoms with Crippen molar-refractivity contribution in [3.8, 4) is 0 Å². The first-order valence-corrected chi connectivity index (χ1v) is 9.31. The molecule has 0 atom stereocenters. The van der Waals surface area contributed by atoms with Crippen LogP contribution in [0.5, 0.6) is 0 Å². The number of benzene rings is 2. The van der Waals surface area contributed by atoms with Crippen molar-refractivity contribution in [3.05, 3.63) is 74.3 Å². The number of nitro benzene ring substituents is 1. The zero-order valence-electron chi connectivity index (χ0n) is 15.2. The smallest absolute Gasteiger partial charge is 0.269 e. The minimum absolute atomic E-state index is 0.0348. The molecule has 142 valence electrons. The predicted octanol–water partition coefficient (Wildman–Crippen LogP) is 4.12. The maximum atomic E-state index is 12.4. The molecule has 1 saturated heterocycles. The highest BCUT2D eigenvalue weighted by atomic mass is 35.5. The number of nitrogens with zero attached hydrogens (tertiary/aromatic N) is 3. The standard InChI is InChI=1S/C20H22ClN3O3/c1-22(14-17-12-18(24(26)27)8-9-19(17)21)13-15-4-6-16(7-5-15)20(25)23-10-2-3-11-23/h4-9,12H,2-3,10-11,13-14H2,1H3.